The summed E-state index contributed by atoms with van der Waals surface area (Å²) in [6.07, 6.45) is 3.93. The number of halogens is 1. The third-order valence-corrected chi connectivity index (χ3v) is 7.00. The van der Waals surface area contributed by atoms with Crippen molar-refractivity contribution >= 4 is 26.0 Å². The molecule has 0 aliphatic carbocycles. The molecule has 1 aliphatic heterocycles. The maximum atomic E-state index is 13.2. The van der Waals surface area contributed by atoms with Gasteiger partial charge in [0.1, 0.15) is 0 Å². The van der Waals surface area contributed by atoms with E-state index in [-0.39, 0.29) is 6.04 Å². The number of nitrogens with zero attached hydrogens (tertiary/aromatic N) is 1. The second-order valence-corrected chi connectivity index (χ2v) is 9.16. The van der Waals surface area contributed by atoms with Gasteiger partial charge in [-0.2, -0.15) is 4.31 Å². The van der Waals surface area contributed by atoms with Gasteiger partial charge >= 0.3 is 0 Å². The minimum atomic E-state index is -3.50. The second-order valence-electron chi connectivity index (χ2n) is 6.35. The summed E-state index contributed by atoms with van der Waals surface area (Å²) < 4.78 is 29.0. The van der Waals surface area contributed by atoms with E-state index in [9.17, 15) is 8.42 Å². The normalized spacial score (nSPS) is 19.8. The molecule has 128 valence electrons. The zero-order valence-electron chi connectivity index (χ0n) is 13.8. The highest BCUT2D eigenvalue weighted by molar-refractivity contribution is 9.10. The summed E-state index contributed by atoms with van der Waals surface area (Å²) >= 11 is 3.37. The minimum absolute atomic E-state index is 0.0824. The molecule has 0 aromatic heterocycles. The average molecular weight is 408 g/mol. The summed E-state index contributed by atoms with van der Waals surface area (Å²) in [4.78, 5) is 0.366. The first-order valence-corrected chi connectivity index (χ1v) is 10.6. The van der Waals surface area contributed by atoms with Crippen LogP contribution in [0.25, 0.3) is 0 Å². The van der Waals surface area contributed by atoms with Gasteiger partial charge in [0, 0.05) is 11.0 Å². The summed E-state index contributed by atoms with van der Waals surface area (Å²) in [5.74, 6) is 0. The van der Waals surface area contributed by atoms with Crippen molar-refractivity contribution in [2.75, 3.05) is 6.54 Å². The Morgan fingerprint density at radius 2 is 1.79 bits per heavy atom. The lowest BCUT2D eigenvalue weighted by Crippen LogP contribution is -2.34. The predicted octanol–water partition coefficient (Wildman–Crippen LogP) is 5.06. The Kier molecular flexibility index (Phi) is 5.42. The van der Waals surface area contributed by atoms with Crippen molar-refractivity contribution in [1.29, 1.82) is 0 Å². The molecular formula is C19H22BrNO2S. The Labute approximate surface area is 152 Å². The monoisotopic (exact) mass is 407 g/mol. The van der Waals surface area contributed by atoms with Crippen LogP contribution in [-0.4, -0.2) is 19.3 Å². The molecule has 1 heterocycles. The van der Waals surface area contributed by atoms with E-state index in [1.807, 2.05) is 25.1 Å². The maximum absolute atomic E-state index is 13.2. The highest BCUT2D eigenvalue weighted by Crippen LogP contribution is 2.35. The van der Waals surface area contributed by atoms with Crippen LogP contribution in [0.3, 0.4) is 0 Å². The van der Waals surface area contributed by atoms with Crippen LogP contribution in [0, 0.1) is 6.92 Å². The Morgan fingerprint density at radius 1 is 1.04 bits per heavy atom. The molecule has 0 saturated carbocycles. The second kappa shape index (κ2) is 7.38. The molecule has 0 spiro atoms. The molecule has 1 fully saturated rings. The summed E-state index contributed by atoms with van der Waals surface area (Å²) in [6, 6.07) is 15.1. The topological polar surface area (TPSA) is 37.4 Å². The van der Waals surface area contributed by atoms with E-state index in [0.717, 1.165) is 41.3 Å². The van der Waals surface area contributed by atoms with Crippen molar-refractivity contribution in [2.24, 2.45) is 0 Å². The SMILES string of the molecule is Cc1cccc([C@@H]2CCCCCN2S(=O)(=O)c2ccc(Br)cc2)c1. The van der Waals surface area contributed by atoms with Gasteiger partial charge in [0.15, 0.2) is 0 Å². The van der Waals surface area contributed by atoms with Crippen molar-refractivity contribution < 1.29 is 8.42 Å². The van der Waals surface area contributed by atoms with Crippen LogP contribution in [0.15, 0.2) is 57.9 Å². The van der Waals surface area contributed by atoms with Crippen LogP contribution >= 0.6 is 15.9 Å². The molecule has 0 amide bonds. The summed E-state index contributed by atoms with van der Waals surface area (Å²) in [5, 5.41) is 0. The Bertz CT molecular complexity index is 802. The number of hydrogen-bond acceptors (Lipinski definition) is 2. The number of hydrogen-bond donors (Lipinski definition) is 0. The van der Waals surface area contributed by atoms with E-state index in [1.165, 1.54) is 0 Å². The zero-order chi connectivity index (χ0) is 17.2. The van der Waals surface area contributed by atoms with E-state index in [1.54, 1.807) is 28.6 Å². The molecule has 3 rings (SSSR count). The van der Waals surface area contributed by atoms with E-state index in [2.05, 4.69) is 22.0 Å². The third-order valence-electron chi connectivity index (χ3n) is 4.55. The van der Waals surface area contributed by atoms with Crippen LogP contribution in [0.5, 0.6) is 0 Å². The summed E-state index contributed by atoms with van der Waals surface area (Å²) in [7, 11) is -3.50. The van der Waals surface area contributed by atoms with Crippen molar-refractivity contribution in [3.05, 3.63) is 64.1 Å². The Hall–Kier alpha value is -1.17. The van der Waals surface area contributed by atoms with Gasteiger partial charge in [-0.1, -0.05) is 58.6 Å². The molecule has 2 aromatic carbocycles. The smallest absolute Gasteiger partial charge is 0.207 e. The Balaban J connectivity index is 2.02. The first-order chi connectivity index (χ1) is 11.5. The van der Waals surface area contributed by atoms with E-state index < -0.39 is 10.0 Å². The Morgan fingerprint density at radius 3 is 2.50 bits per heavy atom. The van der Waals surface area contributed by atoms with Crippen molar-refractivity contribution in [3.8, 4) is 0 Å². The average Bonchev–Trinajstić information content (AvgIpc) is 2.81. The highest BCUT2D eigenvalue weighted by Gasteiger charge is 2.33. The lowest BCUT2D eigenvalue weighted by atomic mass is 10.0. The van der Waals surface area contributed by atoms with Crippen LogP contribution in [0.4, 0.5) is 0 Å². The van der Waals surface area contributed by atoms with Gasteiger partial charge in [0.05, 0.1) is 10.9 Å². The molecule has 1 atom stereocenters. The van der Waals surface area contributed by atoms with Gasteiger partial charge in [-0.05, 0) is 49.6 Å². The maximum Gasteiger partial charge on any atom is 0.243 e. The van der Waals surface area contributed by atoms with Gasteiger partial charge in [-0.15, -0.1) is 0 Å². The summed E-state index contributed by atoms with van der Waals surface area (Å²) in [5.41, 5.74) is 2.26. The first-order valence-electron chi connectivity index (χ1n) is 8.32. The van der Waals surface area contributed by atoms with Crippen LogP contribution in [0.1, 0.15) is 42.9 Å². The molecular weight excluding hydrogens is 386 g/mol. The van der Waals surface area contributed by atoms with Crippen LogP contribution in [0.2, 0.25) is 0 Å². The largest absolute Gasteiger partial charge is 0.243 e. The molecule has 1 saturated heterocycles. The molecule has 1 aliphatic rings. The predicted molar refractivity (Wildman–Crippen MR) is 100 cm³/mol. The number of benzene rings is 2. The fourth-order valence-electron chi connectivity index (χ4n) is 3.32. The molecule has 5 heteroatoms. The number of rotatable bonds is 3. The number of sulfonamides is 1. The first kappa shape index (κ1) is 17.6. The van der Waals surface area contributed by atoms with Gasteiger partial charge < -0.3 is 0 Å². The molecule has 0 bridgehead atoms. The van der Waals surface area contributed by atoms with Crippen LogP contribution in [-0.2, 0) is 10.0 Å². The highest BCUT2D eigenvalue weighted by atomic mass is 79.9. The van der Waals surface area contributed by atoms with Gasteiger partial charge in [-0.3, -0.25) is 0 Å². The fourth-order valence-corrected chi connectivity index (χ4v) is 5.27. The van der Waals surface area contributed by atoms with Gasteiger partial charge in [-0.25, -0.2) is 8.42 Å². The molecule has 2 aromatic rings. The molecule has 3 nitrogen and oxygen atoms in total. The van der Waals surface area contributed by atoms with E-state index in [4.69, 9.17) is 0 Å². The standard InChI is InChI=1S/C19H22BrNO2S/c1-15-6-5-7-16(14-15)19-8-3-2-4-13-21(19)24(22,23)18-11-9-17(20)10-12-18/h5-7,9-12,14,19H,2-4,8,13H2,1H3/t19-/m0/s1. The lowest BCUT2D eigenvalue weighted by molar-refractivity contribution is 0.329. The van der Waals surface area contributed by atoms with Crippen LogP contribution < -0.4 is 0 Å². The molecule has 0 radical (unpaired) electrons. The fraction of sp³-hybridized carbons (Fsp3) is 0.368. The minimum Gasteiger partial charge on any atom is -0.207 e. The van der Waals surface area contributed by atoms with Gasteiger partial charge in [0.2, 0.25) is 10.0 Å². The molecule has 0 N–H and O–H groups in total. The van der Waals surface area contributed by atoms with Crippen molar-refractivity contribution in [2.45, 2.75) is 43.5 Å². The number of aryl methyl sites for hydroxylation is 1. The van der Waals surface area contributed by atoms with E-state index in [0.29, 0.717) is 11.4 Å². The molecule has 0 unspecified atom stereocenters. The zero-order valence-corrected chi connectivity index (χ0v) is 16.2. The van der Waals surface area contributed by atoms with E-state index >= 15 is 0 Å². The van der Waals surface area contributed by atoms with Crippen molar-refractivity contribution in [1.82, 2.24) is 4.31 Å². The van der Waals surface area contributed by atoms with Gasteiger partial charge in [0.25, 0.3) is 0 Å². The lowest BCUT2D eigenvalue weighted by Gasteiger charge is -2.29. The third kappa shape index (κ3) is 3.73. The molecule has 24 heavy (non-hydrogen) atoms. The summed E-state index contributed by atoms with van der Waals surface area (Å²) in [6.45, 7) is 2.63. The van der Waals surface area contributed by atoms with Crippen molar-refractivity contribution in [3.63, 3.8) is 0 Å². The quantitative estimate of drug-likeness (QED) is 0.712.